The zero-order valence-corrected chi connectivity index (χ0v) is 7.70. The van der Waals surface area contributed by atoms with Crippen LogP contribution in [0.3, 0.4) is 0 Å². The minimum Gasteiger partial charge on any atom is -0.508 e. The van der Waals surface area contributed by atoms with Gasteiger partial charge < -0.3 is 14.6 Å². The first kappa shape index (κ1) is 10.8. The Bertz CT molecular complexity index is 377. The highest BCUT2D eigenvalue weighted by molar-refractivity contribution is 5.87. The molecule has 1 aromatic carbocycles. The predicted octanol–water partition coefficient (Wildman–Crippen LogP) is 1.76. The minimum absolute atomic E-state index is 0.0741. The smallest absolute Gasteiger partial charge is 0.335 e. The van der Waals surface area contributed by atoms with Gasteiger partial charge in [0.05, 0.1) is 11.8 Å². The maximum atomic E-state index is 10.2. The first-order valence-corrected chi connectivity index (χ1v) is 4.04. The van der Waals surface area contributed by atoms with Crippen LogP contribution >= 0.6 is 0 Å². The molecular formula is C10H9NO4. The fourth-order valence-electron chi connectivity index (χ4n) is 0.780. The Kier molecular flexibility index (Phi) is 3.91. The number of oxazole rings is 1. The van der Waals surface area contributed by atoms with E-state index >= 15 is 0 Å². The van der Waals surface area contributed by atoms with Gasteiger partial charge in [0.2, 0.25) is 0 Å². The largest absolute Gasteiger partial charge is 0.508 e. The highest BCUT2D eigenvalue weighted by atomic mass is 16.4. The second-order valence-electron chi connectivity index (χ2n) is 2.53. The summed E-state index contributed by atoms with van der Waals surface area (Å²) in [6.07, 6.45) is 4.47. The highest BCUT2D eigenvalue weighted by Gasteiger charge is 1.99. The Balaban J connectivity index is 0.000000187. The number of aromatic carboxylic acids is 1. The standard InChI is InChI=1S/C7H6O3.C3H3NO/c8-6-3-1-5(2-4-6)7(9)10;1-2-5-3-4-1/h1-4,8H,(H,9,10);1-3H. The highest BCUT2D eigenvalue weighted by Crippen LogP contribution is 2.08. The first-order chi connectivity index (χ1) is 7.20. The molecule has 78 valence electrons. The van der Waals surface area contributed by atoms with E-state index < -0.39 is 5.97 Å². The topological polar surface area (TPSA) is 83.6 Å². The van der Waals surface area contributed by atoms with Crippen molar-refractivity contribution in [3.63, 3.8) is 0 Å². The van der Waals surface area contributed by atoms with Gasteiger partial charge in [-0.3, -0.25) is 0 Å². The van der Waals surface area contributed by atoms with Gasteiger partial charge in [-0.1, -0.05) is 0 Å². The molecule has 0 aliphatic carbocycles. The molecular weight excluding hydrogens is 198 g/mol. The summed E-state index contributed by atoms with van der Waals surface area (Å²) >= 11 is 0. The molecule has 5 nitrogen and oxygen atoms in total. The second kappa shape index (κ2) is 5.43. The number of carboxylic acid groups (broad SMARTS) is 1. The molecule has 2 rings (SSSR count). The van der Waals surface area contributed by atoms with E-state index in [-0.39, 0.29) is 11.3 Å². The molecule has 0 saturated heterocycles. The third-order valence-electron chi connectivity index (χ3n) is 1.46. The van der Waals surface area contributed by atoms with E-state index in [1.165, 1.54) is 36.9 Å². The number of phenols is 1. The summed E-state index contributed by atoms with van der Waals surface area (Å²) in [6.45, 7) is 0. The van der Waals surface area contributed by atoms with Crippen molar-refractivity contribution < 1.29 is 19.4 Å². The van der Waals surface area contributed by atoms with Crippen LogP contribution in [-0.4, -0.2) is 21.2 Å². The summed E-state index contributed by atoms with van der Waals surface area (Å²) in [5, 5.41) is 17.1. The molecule has 2 aromatic rings. The van der Waals surface area contributed by atoms with Gasteiger partial charge in [-0.2, -0.15) is 0 Å². The van der Waals surface area contributed by atoms with Crippen molar-refractivity contribution in [3.05, 3.63) is 48.7 Å². The Morgan fingerprint density at radius 1 is 1.27 bits per heavy atom. The van der Waals surface area contributed by atoms with E-state index in [2.05, 4.69) is 9.40 Å². The van der Waals surface area contributed by atoms with Crippen molar-refractivity contribution in [2.75, 3.05) is 0 Å². The lowest BCUT2D eigenvalue weighted by molar-refractivity contribution is 0.0697. The molecule has 1 heterocycles. The monoisotopic (exact) mass is 207 g/mol. The van der Waals surface area contributed by atoms with Gasteiger partial charge in [0.1, 0.15) is 12.0 Å². The summed E-state index contributed by atoms with van der Waals surface area (Å²) in [6, 6.07) is 5.36. The average molecular weight is 207 g/mol. The van der Waals surface area contributed by atoms with Crippen LogP contribution in [0.1, 0.15) is 10.4 Å². The van der Waals surface area contributed by atoms with Crippen LogP contribution in [0, 0.1) is 0 Å². The Morgan fingerprint density at radius 3 is 2.27 bits per heavy atom. The number of aromatic hydroxyl groups is 1. The molecule has 15 heavy (non-hydrogen) atoms. The zero-order valence-electron chi connectivity index (χ0n) is 7.70. The quantitative estimate of drug-likeness (QED) is 0.744. The van der Waals surface area contributed by atoms with Gasteiger partial charge >= 0.3 is 5.97 Å². The molecule has 5 heteroatoms. The number of aromatic nitrogens is 1. The van der Waals surface area contributed by atoms with Gasteiger partial charge in [0.25, 0.3) is 0 Å². The third-order valence-corrected chi connectivity index (χ3v) is 1.46. The van der Waals surface area contributed by atoms with Crippen LogP contribution in [0.25, 0.3) is 0 Å². The van der Waals surface area contributed by atoms with Crippen LogP contribution in [0.2, 0.25) is 0 Å². The Hall–Kier alpha value is -2.30. The molecule has 1 aromatic heterocycles. The summed E-state index contributed by atoms with van der Waals surface area (Å²) in [5.74, 6) is -0.912. The number of phenolic OH excluding ortho intramolecular Hbond substituents is 1. The van der Waals surface area contributed by atoms with Gasteiger partial charge in [0, 0.05) is 0 Å². The Labute approximate surface area is 85.6 Å². The summed E-state index contributed by atoms with van der Waals surface area (Å²) in [7, 11) is 0. The number of rotatable bonds is 1. The molecule has 0 spiro atoms. The van der Waals surface area contributed by atoms with Crippen molar-refractivity contribution >= 4 is 5.97 Å². The van der Waals surface area contributed by atoms with E-state index in [0.717, 1.165) is 0 Å². The average Bonchev–Trinajstić information content (AvgIpc) is 2.76. The number of hydrogen-bond donors (Lipinski definition) is 2. The fourth-order valence-corrected chi connectivity index (χ4v) is 0.780. The van der Waals surface area contributed by atoms with E-state index in [0.29, 0.717) is 0 Å². The van der Waals surface area contributed by atoms with Crippen molar-refractivity contribution in [1.29, 1.82) is 0 Å². The first-order valence-electron chi connectivity index (χ1n) is 4.04. The van der Waals surface area contributed by atoms with Crippen molar-refractivity contribution in [1.82, 2.24) is 4.98 Å². The third kappa shape index (κ3) is 3.95. The van der Waals surface area contributed by atoms with E-state index in [1.54, 1.807) is 6.20 Å². The molecule has 0 aliphatic heterocycles. The van der Waals surface area contributed by atoms with Crippen molar-refractivity contribution in [3.8, 4) is 5.75 Å². The van der Waals surface area contributed by atoms with Gasteiger partial charge in [-0.05, 0) is 24.3 Å². The fraction of sp³-hybridized carbons (Fsp3) is 0. The summed E-state index contributed by atoms with van der Waals surface area (Å²) < 4.78 is 4.47. The number of hydrogen-bond acceptors (Lipinski definition) is 4. The molecule has 0 radical (unpaired) electrons. The van der Waals surface area contributed by atoms with E-state index in [1.807, 2.05) is 0 Å². The lowest BCUT2D eigenvalue weighted by Crippen LogP contribution is -1.93. The number of carboxylic acids is 1. The molecule has 0 unspecified atom stereocenters. The number of benzene rings is 1. The van der Waals surface area contributed by atoms with Gasteiger partial charge in [0.15, 0.2) is 6.39 Å². The lowest BCUT2D eigenvalue weighted by Gasteiger charge is -1.92. The van der Waals surface area contributed by atoms with E-state index in [9.17, 15) is 4.79 Å². The van der Waals surface area contributed by atoms with E-state index in [4.69, 9.17) is 10.2 Å². The van der Waals surface area contributed by atoms with Crippen LogP contribution in [0.5, 0.6) is 5.75 Å². The Morgan fingerprint density at radius 2 is 1.93 bits per heavy atom. The molecule has 0 fully saturated rings. The van der Waals surface area contributed by atoms with Crippen LogP contribution in [-0.2, 0) is 0 Å². The number of carbonyl (C=O) groups is 1. The summed E-state index contributed by atoms with van der Waals surface area (Å²) in [4.78, 5) is 13.8. The molecule has 2 N–H and O–H groups in total. The predicted molar refractivity (Wildman–Crippen MR) is 51.6 cm³/mol. The molecule has 0 saturated carbocycles. The van der Waals surface area contributed by atoms with Gasteiger partial charge in [-0.25, -0.2) is 9.78 Å². The normalized spacial score (nSPS) is 8.80. The van der Waals surface area contributed by atoms with Crippen LogP contribution in [0.15, 0.2) is 47.5 Å². The second-order valence-corrected chi connectivity index (χ2v) is 2.53. The molecule has 0 atom stereocenters. The molecule has 0 amide bonds. The van der Waals surface area contributed by atoms with Crippen molar-refractivity contribution in [2.24, 2.45) is 0 Å². The molecule has 0 bridgehead atoms. The minimum atomic E-state index is -0.986. The maximum absolute atomic E-state index is 10.2. The SMILES string of the molecule is O=C(O)c1ccc(O)cc1.c1cocn1. The van der Waals surface area contributed by atoms with Crippen LogP contribution < -0.4 is 0 Å². The lowest BCUT2D eigenvalue weighted by atomic mass is 10.2. The number of nitrogens with zero attached hydrogens (tertiary/aromatic N) is 1. The zero-order chi connectivity index (χ0) is 11.1. The maximum Gasteiger partial charge on any atom is 0.335 e. The summed E-state index contributed by atoms with van der Waals surface area (Å²) in [5.41, 5.74) is 0.179. The van der Waals surface area contributed by atoms with Crippen molar-refractivity contribution in [2.45, 2.75) is 0 Å². The molecule has 0 aliphatic rings. The van der Waals surface area contributed by atoms with Gasteiger partial charge in [-0.15, -0.1) is 0 Å². The van der Waals surface area contributed by atoms with Crippen LogP contribution in [0.4, 0.5) is 0 Å².